The Morgan fingerprint density at radius 1 is 1.43 bits per heavy atom. The maximum absolute atomic E-state index is 12.3. The lowest BCUT2D eigenvalue weighted by atomic mass is 9.92. The Bertz CT molecular complexity index is 577. The fourth-order valence-electron chi connectivity index (χ4n) is 2.84. The summed E-state index contributed by atoms with van der Waals surface area (Å²) in [5, 5.41) is 4.08. The van der Waals surface area contributed by atoms with Crippen molar-refractivity contribution in [2.75, 3.05) is 25.1 Å². The standard InChI is InChI=1S/C14H20BrN3O3/c1-9-4-10(2)7-17(6-9)11-5-16-18(8-12(19)21-3)14(20)13(11)15/h5,9-10H,4,6-8H2,1-3H3/t9-,10-/m1/s1. The molecule has 0 spiro atoms. The first-order valence-corrected chi connectivity index (χ1v) is 7.79. The van der Waals surface area contributed by atoms with Gasteiger partial charge in [0.15, 0.2) is 0 Å². The first-order valence-electron chi connectivity index (χ1n) is 6.99. The summed E-state index contributed by atoms with van der Waals surface area (Å²) in [4.78, 5) is 25.7. The fraction of sp³-hybridized carbons (Fsp3) is 0.643. The van der Waals surface area contributed by atoms with E-state index < -0.39 is 5.97 Å². The molecule has 0 N–H and O–H groups in total. The van der Waals surface area contributed by atoms with Crippen molar-refractivity contribution in [1.82, 2.24) is 9.78 Å². The number of hydrogen-bond donors (Lipinski definition) is 0. The van der Waals surface area contributed by atoms with Gasteiger partial charge in [-0.15, -0.1) is 0 Å². The molecule has 0 amide bonds. The van der Waals surface area contributed by atoms with Crippen LogP contribution in [0.25, 0.3) is 0 Å². The molecule has 0 aromatic carbocycles. The average molecular weight is 358 g/mol. The van der Waals surface area contributed by atoms with Crippen LogP contribution in [0.1, 0.15) is 20.3 Å². The number of ether oxygens (including phenoxy) is 1. The summed E-state index contributed by atoms with van der Waals surface area (Å²) in [7, 11) is 1.29. The third kappa shape index (κ3) is 3.64. The number of aromatic nitrogens is 2. The molecule has 1 aromatic rings. The van der Waals surface area contributed by atoms with Crippen molar-refractivity contribution in [3.8, 4) is 0 Å². The maximum atomic E-state index is 12.3. The largest absolute Gasteiger partial charge is 0.468 e. The summed E-state index contributed by atoms with van der Waals surface area (Å²) < 4.78 is 6.11. The smallest absolute Gasteiger partial charge is 0.327 e. The predicted octanol–water partition coefficient (Wildman–Crippen LogP) is 1.66. The number of nitrogens with zero attached hydrogens (tertiary/aromatic N) is 3. The van der Waals surface area contributed by atoms with Crippen molar-refractivity contribution in [3.05, 3.63) is 21.0 Å². The van der Waals surface area contributed by atoms with Gasteiger partial charge in [-0.05, 0) is 34.2 Å². The maximum Gasteiger partial charge on any atom is 0.327 e. The number of hydrogen-bond acceptors (Lipinski definition) is 5. The summed E-state index contributed by atoms with van der Waals surface area (Å²) in [6.07, 6.45) is 2.83. The highest BCUT2D eigenvalue weighted by molar-refractivity contribution is 9.10. The van der Waals surface area contributed by atoms with Crippen molar-refractivity contribution in [1.29, 1.82) is 0 Å². The molecule has 1 aliphatic heterocycles. The number of methoxy groups -OCH3 is 1. The van der Waals surface area contributed by atoms with E-state index in [-0.39, 0.29) is 12.1 Å². The summed E-state index contributed by atoms with van der Waals surface area (Å²) >= 11 is 3.35. The van der Waals surface area contributed by atoms with E-state index in [0.29, 0.717) is 16.3 Å². The molecular weight excluding hydrogens is 338 g/mol. The van der Waals surface area contributed by atoms with E-state index in [1.165, 1.54) is 13.5 Å². The summed E-state index contributed by atoms with van der Waals surface area (Å²) in [5.41, 5.74) is 0.475. The minimum Gasteiger partial charge on any atom is -0.468 e. The Morgan fingerprint density at radius 3 is 2.62 bits per heavy atom. The molecule has 0 unspecified atom stereocenters. The molecule has 2 atom stereocenters. The van der Waals surface area contributed by atoms with Crippen LogP contribution < -0.4 is 10.5 Å². The Kier molecular flexibility index (Phi) is 5.03. The van der Waals surface area contributed by atoms with Crippen LogP contribution >= 0.6 is 15.9 Å². The Labute approximate surface area is 132 Å². The van der Waals surface area contributed by atoms with Gasteiger partial charge in [0.05, 0.1) is 19.0 Å². The number of carbonyl (C=O) groups excluding carboxylic acids is 1. The van der Waals surface area contributed by atoms with E-state index in [1.807, 2.05) is 0 Å². The van der Waals surface area contributed by atoms with Crippen molar-refractivity contribution < 1.29 is 9.53 Å². The number of esters is 1. The number of carbonyl (C=O) groups is 1. The summed E-state index contributed by atoms with van der Waals surface area (Å²) in [6, 6.07) is 0. The lowest BCUT2D eigenvalue weighted by molar-refractivity contribution is -0.141. The molecule has 0 aliphatic carbocycles. The van der Waals surface area contributed by atoms with Crippen LogP contribution in [0.4, 0.5) is 5.69 Å². The molecule has 2 heterocycles. The third-order valence-electron chi connectivity index (χ3n) is 3.68. The quantitative estimate of drug-likeness (QED) is 0.769. The van der Waals surface area contributed by atoms with Crippen LogP contribution in [-0.2, 0) is 16.1 Å². The Balaban J connectivity index is 2.28. The van der Waals surface area contributed by atoms with Gasteiger partial charge in [0, 0.05) is 13.1 Å². The predicted molar refractivity (Wildman–Crippen MR) is 83.4 cm³/mol. The first-order chi connectivity index (χ1) is 9.92. The molecule has 1 saturated heterocycles. The second-order valence-corrected chi connectivity index (χ2v) is 6.53. The normalized spacial score (nSPS) is 22.2. The van der Waals surface area contributed by atoms with Gasteiger partial charge >= 0.3 is 5.97 Å². The van der Waals surface area contributed by atoms with Gasteiger partial charge in [0.1, 0.15) is 11.0 Å². The average Bonchev–Trinajstić information content (AvgIpc) is 2.42. The van der Waals surface area contributed by atoms with Crippen molar-refractivity contribution in [2.24, 2.45) is 11.8 Å². The molecule has 1 fully saturated rings. The molecule has 1 aromatic heterocycles. The summed E-state index contributed by atoms with van der Waals surface area (Å²) in [5.74, 6) is 0.667. The van der Waals surface area contributed by atoms with E-state index in [1.54, 1.807) is 6.20 Å². The van der Waals surface area contributed by atoms with Crippen LogP contribution in [0, 0.1) is 11.8 Å². The van der Waals surface area contributed by atoms with Gasteiger partial charge in [0.25, 0.3) is 5.56 Å². The Morgan fingerprint density at radius 2 is 2.05 bits per heavy atom. The van der Waals surface area contributed by atoms with E-state index >= 15 is 0 Å². The van der Waals surface area contributed by atoms with Crippen LogP contribution in [0.15, 0.2) is 15.5 Å². The van der Waals surface area contributed by atoms with Crippen LogP contribution in [0.2, 0.25) is 0 Å². The lowest BCUT2D eigenvalue weighted by Crippen LogP contribution is -2.40. The highest BCUT2D eigenvalue weighted by Crippen LogP contribution is 2.29. The highest BCUT2D eigenvalue weighted by Gasteiger charge is 2.25. The fourth-order valence-corrected chi connectivity index (χ4v) is 3.39. The molecular formula is C14H20BrN3O3. The highest BCUT2D eigenvalue weighted by atomic mass is 79.9. The summed E-state index contributed by atoms with van der Waals surface area (Å²) in [6.45, 7) is 6.06. The zero-order valence-corrected chi connectivity index (χ0v) is 14.1. The zero-order chi connectivity index (χ0) is 15.6. The molecule has 21 heavy (non-hydrogen) atoms. The second-order valence-electron chi connectivity index (χ2n) is 5.73. The van der Waals surface area contributed by atoms with Gasteiger partial charge in [-0.1, -0.05) is 13.8 Å². The minimum atomic E-state index is -0.496. The van der Waals surface area contributed by atoms with E-state index in [4.69, 9.17) is 0 Å². The van der Waals surface area contributed by atoms with Crippen molar-refractivity contribution in [3.63, 3.8) is 0 Å². The van der Waals surface area contributed by atoms with Crippen molar-refractivity contribution in [2.45, 2.75) is 26.8 Å². The van der Waals surface area contributed by atoms with Gasteiger partial charge in [-0.25, -0.2) is 4.68 Å². The molecule has 116 valence electrons. The lowest BCUT2D eigenvalue weighted by Gasteiger charge is -2.36. The Hall–Kier alpha value is -1.37. The third-order valence-corrected chi connectivity index (χ3v) is 4.43. The molecule has 7 heteroatoms. The van der Waals surface area contributed by atoms with Crippen molar-refractivity contribution >= 4 is 27.6 Å². The van der Waals surface area contributed by atoms with E-state index in [2.05, 4.69) is 44.5 Å². The molecule has 0 bridgehead atoms. The van der Waals surface area contributed by atoms with E-state index in [9.17, 15) is 9.59 Å². The zero-order valence-electron chi connectivity index (χ0n) is 12.5. The van der Waals surface area contributed by atoms with Gasteiger partial charge in [-0.2, -0.15) is 5.10 Å². The monoisotopic (exact) mass is 357 g/mol. The van der Waals surface area contributed by atoms with Gasteiger partial charge in [-0.3, -0.25) is 9.59 Å². The van der Waals surface area contributed by atoms with Crippen LogP contribution in [0.5, 0.6) is 0 Å². The molecule has 6 nitrogen and oxygen atoms in total. The SMILES string of the molecule is COC(=O)Cn1ncc(N2C[C@H](C)C[C@@H](C)C2)c(Br)c1=O. The number of rotatable bonds is 3. The van der Waals surface area contributed by atoms with Gasteiger partial charge < -0.3 is 9.64 Å². The number of halogens is 1. The topological polar surface area (TPSA) is 64.4 Å². The van der Waals surface area contributed by atoms with Gasteiger partial charge in [0.2, 0.25) is 0 Å². The van der Waals surface area contributed by atoms with Crippen LogP contribution in [-0.4, -0.2) is 35.9 Å². The van der Waals surface area contributed by atoms with E-state index in [0.717, 1.165) is 23.5 Å². The molecule has 0 saturated carbocycles. The number of anilines is 1. The minimum absolute atomic E-state index is 0.180. The molecule has 0 radical (unpaired) electrons. The van der Waals surface area contributed by atoms with Crippen LogP contribution in [0.3, 0.4) is 0 Å². The number of piperidine rings is 1. The molecule has 2 rings (SSSR count). The first kappa shape index (κ1) is 16.0. The second kappa shape index (κ2) is 6.60. The molecule has 1 aliphatic rings.